The lowest BCUT2D eigenvalue weighted by molar-refractivity contribution is 0.0155. The van der Waals surface area contributed by atoms with Crippen LogP contribution >= 0.6 is 11.6 Å². The molecule has 0 saturated carbocycles. The molecule has 0 bridgehead atoms. The molecule has 0 aliphatic carbocycles. The highest BCUT2D eigenvalue weighted by Crippen LogP contribution is 2.18. The Hall–Kier alpha value is -2.41. The number of pyridine rings is 1. The van der Waals surface area contributed by atoms with E-state index in [1.54, 1.807) is 17.0 Å². The van der Waals surface area contributed by atoms with Gasteiger partial charge in [0.05, 0.1) is 18.1 Å². The third kappa shape index (κ3) is 3.03. The van der Waals surface area contributed by atoms with Crippen LogP contribution in [0.3, 0.4) is 0 Å². The number of ether oxygens (including phenoxy) is 1. The van der Waals surface area contributed by atoms with Gasteiger partial charge in [-0.3, -0.25) is 9.59 Å². The molecule has 0 radical (unpaired) electrons. The van der Waals surface area contributed by atoms with Crippen molar-refractivity contribution in [2.45, 2.75) is 6.10 Å². The Bertz CT molecular complexity index is 690. The summed E-state index contributed by atoms with van der Waals surface area (Å²) in [5.41, 5.74) is -0.136. The fourth-order valence-electron chi connectivity index (χ4n) is 1.91. The number of carbonyl (C=O) groups is 1. The molecule has 2 aromatic rings. The number of nitrogens with one attached hydrogen (secondary N) is 1. The number of amides is 1. The van der Waals surface area contributed by atoms with Crippen molar-refractivity contribution in [2.24, 2.45) is 0 Å². The monoisotopic (exact) mass is 306 g/mol. The normalized spacial score (nSPS) is 14.6. The topological polar surface area (TPSA) is 88.2 Å². The molecule has 1 amide bonds. The zero-order chi connectivity index (χ0) is 14.8. The van der Waals surface area contributed by atoms with Gasteiger partial charge in [0.25, 0.3) is 11.5 Å². The van der Waals surface area contributed by atoms with Crippen molar-refractivity contribution in [1.29, 1.82) is 0 Å². The maximum atomic E-state index is 12.0. The minimum absolute atomic E-state index is 0.106. The maximum Gasteiger partial charge on any atom is 0.274 e. The van der Waals surface area contributed by atoms with Crippen molar-refractivity contribution < 1.29 is 9.53 Å². The molecule has 0 atom stereocenters. The Kier molecular flexibility index (Phi) is 3.57. The Morgan fingerprint density at radius 2 is 2.14 bits per heavy atom. The Morgan fingerprint density at radius 1 is 1.33 bits per heavy atom. The number of nitrogens with zero attached hydrogens (tertiary/aromatic N) is 3. The molecule has 7 nitrogen and oxygen atoms in total. The summed E-state index contributed by atoms with van der Waals surface area (Å²) in [4.78, 5) is 28.5. The van der Waals surface area contributed by atoms with Gasteiger partial charge >= 0.3 is 0 Å². The summed E-state index contributed by atoms with van der Waals surface area (Å²) in [5.74, 6) is 0.230. The van der Waals surface area contributed by atoms with Crippen LogP contribution in [0.25, 0.3) is 0 Å². The lowest BCUT2D eigenvalue weighted by Gasteiger charge is -2.38. The van der Waals surface area contributed by atoms with Crippen LogP contribution in [0.2, 0.25) is 5.02 Å². The molecular weight excluding hydrogens is 296 g/mol. The van der Waals surface area contributed by atoms with Gasteiger partial charge in [-0.2, -0.15) is 5.10 Å². The van der Waals surface area contributed by atoms with Gasteiger partial charge in [0, 0.05) is 18.3 Å². The van der Waals surface area contributed by atoms with Gasteiger partial charge in [-0.05, 0) is 12.1 Å². The summed E-state index contributed by atoms with van der Waals surface area (Å²) < 4.78 is 5.60. The van der Waals surface area contributed by atoms with Crippen molar-refractivity contribution in [1.82, 2.24) is 20.1 Å². The van der Waals surface area contributed by atoms with E-state index in [0.717, 1.165) is 0 Å². The molecule has 0 aromatic carbocycles. The van der Waals surface area contributed by atoms with Crippen molar-refractivity contribution in [3.63, 3.8) is 0 Å². The molecule has 108 valence electrons. The van der Waals surface area contributed by atoms with E-state index >= 15 is 0 Å². The molecule has 0 spiro atoms. The van der Waals surface area contributed by atoms with E-state index in [1.165, 1.54) is 18.3 Å². The summed E-state index contributed by atoms with van der Waals surface area (Å²) in [6.07, 6.45) is 1.40. The fraction of sp³-hybridized carbons (Fsp3) is 0.231. The van der Waals surface area contributed by atoms with Gasteiger partial charge in [-0.15, -0.1) is 0 Å². The summed E-state index contributed by atoms with van der Waals surface area (Å²) in [5, 5.41) is 6.48. The molecule has 1 saturated heterocycles. The lowest BCUT2D eigenvalue weighted by Crippen LogP contribution is -2.56. The molecule has 3 heterocycles. The second-order valence-corrected chi connectivity index (χ2v) is 5.01. The van der Waals surface area contributed by atoms with Crippen molar-refractivity contribution in [2.75, 3.05) is 13.1 Å². The number of hydrogen-bond donors (Lipinski definition) is 1. The second-order valence-electron chi connectivity index (χ2n) is 4.57. The van der Waals surface area contributed by atoms with Crippen LogP contribution in [-0.2, 0) is 0 Å². The largest absolute Gasteiger partial charge is 0.471 e. The molecule has 1 N–H and O–H groups in total. The van der Waals surface area contributed by atoms with Crippen molar-refractivity contribution in [3.8, 4) is 5.88 Å². The number of carbonyl (C=O) groups excluding carboxylic acids is 1. The zero-order valence-electron chi connectivity index (χ0n) is 10.8. The first kappa shape index (κ1) is 13.6. The van der Waals surface area contributed by atoms with E-state index < -0.39 is 0 Å². The van der Waals surface area contributed by atoms with E-state index in [1.807, 2.05) is 0 Å². The number of likely N-dealkylation sites (tertiary alicyclic amines) is 1. The minimum Gasteiger partial charge on any atom is -0.471 e. The predicted octanol–water partition coefficient (Wildman–Crippen LogP) is 0.722. The smallest absolute Gasteiger partial charge is 0.274 e. The average Bonchev–Trinajstić information content (AvgIpc) is 2.44. The molecule has 21 heavy (non-hydrogen) atoms. The number of aromatic nitrogens is 3. The highest BCUT2D eigenvalue weighted by molar-refractivity contribution is 6.30. The minimum atomic E-state index is -0.342. The first-order valence-electron chi connectivity index (χ1n) is 6.25. The van der Waals surface area contributed by atoms with Crippen LogP contribution in [0.15, 0.2) is 35.3 Å². The van der Waals surface area contributed by atoms with E-state index in [-0.39, 0.29) is 23.3 Å². The number of halogens is 1. The Balaban J connectivity index is 1.55. The highest BCUT2D eigenvalue weighted by Gasteiger charge is 2.33. The fourth-order valence-corrected chi connectivity index (χ4v) is 2.02. The van der Waals surface area contributed by atoms with Gasteiger partial charge in [0.2, 0.25) is 5.88 Å². The summed E-state index contributed by atoms with van der Waals surface area (Å²) in [6.45, 7) is 0.897. The van der Waals surface area contributed by atoms with Crippen molar-refractivity contribution >= 4 is 17.5 Å². The van der Waals surface area contributed by atoms with Crippen LogP contribution < -0.4 is 10.3 Å². The standard InChI is InChI=1S/C13H11ClN4O3/c14-8-1-4-12(15-5-8)21-9-6-18(7-9)13(20)10-2-3-11(19)17-16-10/h1-5,9H,6-7H2,(H,17,19). The van der Waals surface area contributed by atoms with Crippen LogP contribution in [0.1, 0.15) is 10.5 Å². The van der Waals surface area contributed by atoms with Gasteiger partial charge in [0.1, 0.15) is 11.8 Å². The SMILES string of the molecule is O=C(c1ccc(=O)[nH]n1)N1CC(Oc2ccc(Cl)cn2)C1. The first-order valence-corrected chi connectivity index (χ1v) is 6.63. The second kappa shape index (κ2) is 5.53. The third-order valence-electron chi connectivity index (χ3n) is 3.02. The molecule has 3 rings (SSSR count). The molecule has 1 aliphatic rings. The summed E-state index contributed by atoms with van der Waals surface area (Å²) in [6, 6.07) is 6.04. The molecule has 1 aliphatic heterocycles. The van der Waals surface area contributed by atoms with Crippen LogP contribution in [0.5, 0.6) is 5.88 Å². The van der Waals surface area contributed by atoms with E-state index in [0.29, 0.717) is 24.0 Å². The van der Waals surface area contributed by atoms with Crippen LogP contribution in [-0.4, -0.2) is 45.2 Å². The quantitative estimate of drug-likeness (QED) is 0.903. The third-order valence-corrected chi connectivity index (χ3v) is 3.24. The summed E-state index contributed by atoms with van der Waals surface area (Å²) >= 11 is 5.74. The highest BCUT2D eigenvalue weighted by atomic mass is 35.5. The number of aromatic amines is 1. The molecule has 2 aromatic heterocycles. The molecule has 1 fully saturated rings. The molecule has 0 unspecified atom stereocenters. The maximum absolute atomic E-state index is 12.0. The molecule has 8 heteroatoms. The first-order chi connectivity index (χ1) is 10.1. The molecular formula is C13H11ClN4O3. The van der Waals surface area contributed by atoms with Gasteiger partial charge in [-0.1, -0.05) is 11.6 Å². The van der Waals surface area contributed by atoms with E-state index in [9.17, 15) is 9.59 Å². The van der Waals surface area contributed by atoms with E-state index in [2.05, 4.69) is 15.2 Å². The van der Waals surface area contributed by atoms with E-state index in [4.69, 9.17) is 16.3 Å². The summed E-state index contributed by atoms with van der Waals surface area (Å²) in [7, 11) is 0. The Morgan fingerprint density at radius 3 is 2.76 bits per heavy atom. The predicted molar refractivity (Wildman–Crippen MR) is 74.4 cm³/mol. The Labute approximate surface area is 124 Å². The van der Waals surface area contributed by atoms with Gasteiger partial charge in [-0.25, -0.2) is 10.1 Å². The lowest BCUT2D eigenvalue weighted by atomic mass is 10.1. The number of hydrogen-bond acceptors (Lipinski definition) is 5. The van der Waals surface area contributed by atoms with Gasteiger partial charge in [0.15, 0.2) is 0 Å². The van der Waals surface area contributed by atoms with Crippen molar-refractivity contribution in [3.05, 3.63) is 51.5 Å². The average molecular weight is 307 g/mol. The number of H-pyrrole nitrogens is 1. The number of rotatable bonds is 3. The van der Waals surface area contributed by atoms with Crippen LogP contribution in [0.4, 0.5) is 0 Å². The van der Waals surface area contributed by atoms with Crippen LogP contribution in [0, 0.1) is 0 Å². The van der Waals surface area contributed by atoms with Gasteiger partial charge < -0.3 is 9.64 Å². The zero-order valence-corrected chi connectivity index (χ0v) is 11.6.